The Bertz CT molecular complexity index is 2880. The number of anilines is 4. The van der Waals surface area contributed by atoms with Crippen molar-refractivity contribution in [3.05, 3.63) is 124 Å². The van der Waals surface area contributed by atoms with Gasteiger partial charge in [0.15, 0.2) is 23.0 Å². The van der Waals surface area contributed by atoms with Gasteiger partial charge in [0.25, 0.3) is 11.8 Å². The highest BCUT2D eigenvalue weighted by Crippen LogP contribution is 2.44. The molecule has 1 aliphatic carbocycles. The summed E-state index contributed by atoms with van der Waals surface area (Å²) in [5.41, 5.74) is 9.11. The van der Waals surface area contributed by atoms with Crippen molar-refractivity contribution in [2.24, 2.45) is 4.99 Å². The van der Waals surface area contributed by atoms with Gasteiger partial charge in [0.05, 0.1) is 81.8 Å². The number of para-hydroxylation sites is 2. The van der Waals surface area contributed by atoms with E-state index in [1.807, 2.05) is 69.3 Å². The molecule has 10 rings (SSSR count). The lowest BCUT2D eigenvalue weighted by molar-refractivity contribution is 0.0264. The van der Waals surface area contributed by atoms with Crippen LogP contribution in [0.5, 0.6) is 23.0 Å². The molecule has 15 nitrogen and oxygen atoms in total. The summed E-state index contributed by atoms with van der Waals surface area (Å²) < 4.78 is 45.8. The van der Waals surface area contributed by atoms with Crippen LogP contribution in [0, 0.1) is 0 Å². The van der Waals surface area contributed by atoms with Crippen molar-refractivity contribution < 1.29 is 42.7 Å². The summed E-state index contributed by atoms with van der Waals surface area (Å²) >= 11 is 0. The fourth-order valence-electron chi connectivity index (χ4n) is 10.7. The van der Waals surface area contributed by atoms with Crippen LogP contribution in [0.4, 0.5) is 28.4 Å². The number of benzene rings is 5. The predicted molar refractivity (Wildman–Crippen MR) is 300 cm³/mol. The minimum absolute atomic E-state index is 0.00832. The summed E-state index contributed by atoms with van der Waals surface area (Å²) in [4.78, 5) is 39.5. The average molecular weight is 1060 g/mol. The molecule has 5 aromatic carbocycles. The van der Waals surface area contributed by atoms with Gasteiger partial charge in [-0.25, -0.2) is 0 Å². The first-order valence-electron chi connectivity index (χ1n) is 26.0. The van der Waals surface area contributed by atoms with Crippen LogP contribution in [0.15, 0.2) is 96.0 Å². The number of fused-ring (bicyclic) bond motifs is 8. The molecule has 2 amide bonds. The van der Waals surface area contributed by atoms with Crippen LogP contribution in [0.3, 0.4) is 0 Å². The smallest absolute Gasteiger partial charge is 0.261 e. The van der Waals surface area contributed by atoms with E-state index in [4.69, 9.17) is 38.2 Å². The summed E-state index contributed by atoms with van der Waals surface area (Å²) in [6, 6.07) is 30.1. The lowest BCUT2D eigenvalue weighted by Crippen LogP contribution is -2.39. The number of methoxy groups -OCH3 is 3. The number of amides is 2. The first-order valence-corrected chi connectivity index (χ1v) is 28.2. The molecule has 1 fully saturated rings. The molecule has 4 heterocycles. The zero-order chi connectivity index (χ0) is 51.9. The van der Waals surface area contributed by atoms with Crippen molar-refractivity contribution in [1.29, 1.82) is 0 Å². The Morgan fingerprint density at radius 2 is 1.35 bits per heavy atom. The highest BCUT2D eigenvalue weighted by molar-refractivity contribution is 8.76. The van der Waals surface area contributed by atoms with Gasteiger partial charge in [-0.2, -0.15) is 0 Å². The van der Waals surface area contributed by atoms with Crippen molar-refractivity contribution in [1.82, 2.24) is 4.72 Å². The summed E-state index contributed by atoms with van der Waals surface area (Å²) in [5, 5.41) is 3.56. The summed E-state index contributed by atoms with van der Waals surface area (Å²) in [6.45, 7) is 9.31. The highest BCUT2D eigenvalue weighted by Gasteiger charge is 2.39. The van der Waals surface area contributed by atoms with Crippen LogP contribution >= 0.6 is 21.8 Å². The van der Waals surface area contributed by atoms with E-state index in [-0.39, 0.29) is 41.9 Å². The number of rotatable bonds is 24. The summed E-state index contributed by atoms with van der Waals surface area (Å²) in [5.74, 6) is 1.67. The minimum Gasteiger partial charge on any atom is -0.493 e. The third-order valence-corrected chi connectivity index (χ3v) is 17.4. The van der Waals surface area contributed by atoms with Gasteiger partial charge in [-0.05, 0) is 109 Å². The Kier molecular flexibility index (Phi) is 16.8. The SMILES string of the molecule is COCCOCCOCCN(CC(C)(C)SSNC1CCCC1)c1cc(COc2cc3c(cc2OC)C(=O)N2c4ccccc4C[C@H]2C=N3)cc(COc2cc3c(cc2OC)C(=O)N2c4ccccc4C[C@H]2CN3)c1. The largest absolute Gasteiger partial charge is 0.493 e. The fourth-order valence-corrected chi connectivity index (χ4v) is 12.9. The number of nitrogens with one attached hydrogen (secondary N) is 2. The lowest BCUT2D eigenvalue weighted by atomic mass is 10.1. The second kappa shape index (κ2) is 23.9. The number of ether oxygens (including phenoxy) is 7. The van der Waals surface area contributed by atoms with E-state index >= 15 is 0 Å². The Labute approximate surface area is 448 Å². The second-order valence-corrected chi connectivity index (χ2v) is 22.9. The van der Waals surface area contributed by atoms with E-state index < -0.39 is 0 Å². The van der Waals surface area contributed by atoms with Gasteiger partial charge in [-0.1, -0.05) is 60.0 Å². The van der Waals surface area contributed by atoms with Gasteiger partial charge in [-0.15, -0.1) is 0 Å². The Balaban J connectivity index is 0.935. The normalized spacial score (nSPS) is 17.6. The molecule has 75 heavy (non-hydrogen) atoms. The van der Waals surface area contributed by atoms with Crippen molar-refractivity contribution >= 4 is 68.2 Å². The molecule has 0 spiro atoms. The van der Waals surface area contributed by atoms with Crippen LogP contribution in [0.25, 0.3) is 0 Å². The van der Waals surface area contributed by atoms with Crippen molar-refractivity contribution in [2.75, 3.05) is 94.0 Å². The highest BCUT2D eigenvalue weighted by atomic mass is 33.1. The Hall–Kier alpha value is -5.95. The van der Waals surface area contributed by atoms with Crippen LogP contribution in [-0.2, 0) is 40.3 Å². The number of carbonyl (C=O) groups is 2. The first kappa shape index (κ1) is 52.5. The zero-order valence-electron chi connectivity index (χ0n) is 43.6. The van der Waals surface area contributed by atoms with E-state index in [0.717, 1.165) is 40.2 Å². The molecule has 17 heteroatoms. The molecule has 5 aromatic rings. The van der Waals surface area contributed by atoms with Gasteiger partial charge in [0.1, 0.15) is 13.2 Å². The second-order valence-electron chi connectivity index (χ2n) is 20.2. The number of nitrogens with zero attached hydrogens (tertiary/aromatic N) is 4. The molecule has 0 aromatic heterocycles. The topological polar surface area (TPSA) is 145 Å². The maximum absolute atomic E-state index is 14.3. The quantitative estimate of drug-likeness (QED) is 0.0344. The zero-order valence-corrected chi connectivity index (χ0v) is 45.2. The van der Waals surface area contributed by atoms with E-state index in [1.165, 1.54) is 31.2 Å². The van der Waals surface area contributed by atoms with Crippen molar-refractivity contribution in [2.45, 2.75) is 88.5 Å². The lowest BCUT2D eigenvalue weighted by Gasteiger charge is -2.34. The standard InChI is InChI=1S/C58H68N6O9S2/c1-58(2,74-75-61-42-14-8-9-15-42)37-62(18-19-70-22-23-71-21-20-67-3)43-25-38(35-72-54-31-48-46(29-52(54)68-4)56(65)63-44(33-59-48)27-40-12-6-10-16-50(40)63)24-39(26-43)36-73-55-32-49-47(30-53(55)69-5)57(66)64-45(34-60-49)28-41-13-7-11-17-51(41)64/h6-7,10-13,16-17,24-26,29-33,42,44-45,60-61H,8-9,14-15,18-23,27-28,34-37H2,1-5H3/t44-,45-/m0/s1. The van der Waals surface area contributed by atoms with E-state index in [9.17, 15) is 9.59 Å². The van der Waals surface area contributed by atoms with Gasteiger partial charge >= 0.3 is 0 Å². The molecule has 0 unspecified atom stereocenters. The average Bonchev–Trinajstić information content (AvgIpc) is 4.16. The van der Waals surface area contributed by atoms with E-state index in [2.05, 4.69) is 59.1 Å². The Morgan fingerprint density at radius 3 is 2.05 bits per heavy atom. The molecule has 4 aliphatic heterocycles. The maximum atomic E-state index is 14.3. The monoisotopic (exact) mass is 1060 g/mol. The molecule has 396 valence electrons. The van der Waals surface area contributed by atoms with Crippen LogP contribution < -0.4 is 43.7 Å². The number of hydrogen-bond acceptors (Lipinski definition) is 15. The minimum atomic E-state index is -0.186. The molecular formula is C58H68N6O9S2. The molecule has 0 radical (unpaired) electrons. The fraction of sp³-hybridized carbons (Fsp3) is 0.431. The number of carbonyl (C=O) groups excluding carboxylic acids is 2. The van der Waals surface area contributed by atoms with Crippen LogP contribution in [0.2, 0.25) is 0 Å². The third-order valence-electron chi connectivity index (χ3n) is 14.4. The first-order chi connectivity index (χ1) is 36.6. The van der Waals surface area contributed by atoms with E-state index in [1.54, 1.807) is 50.5 Å². The van der Waals surface area contributed by atoms with Gasteiger partial charge in [0, 0.05) is 79.4 Å². The molecular weight excluding hydrogens is 989 g/mol. The van der Waals surface area contributed by atoms with Gasteiger partial charge in [0.2, 0.25) is 0 Å². The molecule has 0 bridgehead atoms. The molecule has 1 saturated carbocycles. The van der Waals surface area contributed by atoms with Gasteiger partial charge < -0.3 is 48.3 Å². The Morgan fingerprint density at radius 1 is 0.720 bits per heavy atom. The van der Waals surface area contributed by atoms with Crippen molar-refractivity contribution in [3.8, 4) is 23.0 Å². The van der Waals surface area contributed by atoms with Gasteiger partial charge in [-0.3, -0.25) is 24.2 Å². The van der Waals surface area contributed by atoms with Crippen LogP contribution in [-0.4, -0.2) is 115 Å². The third kappa shape index (κ3) is 12.0. The predicted octanol–water partition coefficient (Wildman–Crippen LogP) is 10.2. The summed E-state index contributed by atoms with van der Waals surface area (Å²) in [7, 11) is 8.43. The van der Waals surface area contributed by atoms with Crippen molar-refractivity contribution in [3.63, 3.8) is 0 Å². The molecule has 0 saturated heterocycles. The van der Waals surface area contributed by atoms with Crippen LogP contribution in [0.1, 0.15) is 82.5 Å². The molecule has 2 atom stereocenters. The molecule has 2 N–H and O–H groups in total. The maximum Gasteiger partial charge on any atom is 0.261 e. The molecule has 5 aliphatic rings. The number of aliphatic imine (C=N–C) groups is 1. The number of hydrogen-bond donors (Lipinski definition) is 2. The summed E-state index contributed by atoms with van der Waals surface area (Å²) in [6.07, 6.45) is 8.31. The van der Waals surface area contributed by atoms with E-state index in [0.29, 0.717) is 111 Å².